The van der Waals surface area contributed by atoms with Crippen molar-refractivity contribution in [3.63, 3.8) is 0 Å². The van der Waals surface area contributed by atoms with Crippen LogP contribution in [0.4, 0.5) is 26.3 Å². The maximum atomic E-state index is 13.5. The van der Waals surface area contributed by atoms with Crippen LogP contribution in [0.3, 0.4) is 0 Å². The molecule has 144 valence electrons. The minimum atomic E-state index is -5.02. The topological polar surface area (TPSA) is 46.5 Å². The molecule has 2 unspecified atom stereocenters. The second-order valence-corrected chi connectivity index (χ2v) is 6.03. The van der Waals surface area contributed by atoms with Crippen molar-refractivity contribution < 1.29 is 41.0 Å². The molecule has 1 aromatic carbocycles. The first-order valence-electron chi connectivity index (χ1n) is 7.72. The zero-order valence-corrected chi connectivity index (χ0v) is 13.4. The van der Waals surface area contributed by atoms with Gasteiger partial charge in [-0.3, -0.25) is 0 Å². The smallest absolute Gasteiger partial charge is 0.417 e. The Kier molecular flexibility index (Phi) is 4.67. The van der Waals surface area contributed by atoms with Gasteiger partial charge in [-0.2, -0.15) is 26.3 Å². The molecule has 0 saturated carbocycles. The summed E-state index contributed by atoms with van der Waals surface area (Å²) in [6, 6.07) is 1.42. The highest BCUT2D eigenvalue weighted by Crippen LogP contribution is 2.43. The Hall–Kier alpha value is -2.55. The van der Waals surface area contributed by atoms with Crippen LogP contribution in [0.1, 0.15) is 16.7 Å². The first-order chi connectivity index (χ1) is 12.5. The van der Waals surface area contributed by atoms with Crippen molar-refractivity contribution in [3.05, 3.63) is 64.8 Å². The number of rotatable bonds is 2. The number of aliphatic carboxylic acids is 1. The van der Waals surface area contributed by atoms with Gasteiger partial charge in [0.1, 0.15) is 0 Å². The Morgan fingerprint density at radius 1 is 1.11 bits per heavy atom. The zero-order valence-electron chi connectivity index (χ0n) is 13.4. The van der Waals surface area contributed by atoms with E-state index in [1.165, 1.54) is 24.3 Å². The van der Waals surface area contributed by atoms with Crippen LogP contribution >= 0.6 is 0 Å². The number of halogens is 6. The maximum Gasteiger partial charge on any atom is 0.417 e. The fourth-order valence-electron chi connectivity index (χ4n) is 3.11. The minimum absolute atomic E-state index is 0.0462. The molecule has 3 nitrogen and oxygen atoms in total. The summed E-state index contributed by atoms with van der Waals surface area (Å²) >= 11 is 0. The van der Waals surface area contributed by atoms with Crippen LogP contribution in [-0.2, 0) is 21.9 Å². The number of alkyl halides is 6. The van der Waals surface area contributed by atoms with Crippen molar-refractivity contribution in [1.82, 2.24) is 0 Å². The number of benzene rings is 1. The molecule has 9 heteroatoms. The van der Waals surface area contributed by atoms with Gasteiger partial charge in [-0.15, -0.1) is 0 Å². The largest absolute Gasteiger partial charge is 0.478 e. The monoisotopic (exact) mass is 390 g/mol. The minimum Gasteiger partial charge on any atom is -0.478 e. The van der Waals surface area contributed by atoms with Gasteiger partial charge < -0.3 is 9.84 Å². The molecule has 3 rings (SSSR count). The lowest BCUT2D eigenvalue weighted by atomic mass is 9.80. The molecule has 0 amide bonds. The normalized spacial score (nSPS) is 22.7. The van der Waals surface area contributed by atoms with Crippen LogP contribution in [-0.4, -0.2) is 23.8 Å². The molecule has 1 aromatic rings. The summed E-state index contributed by atoms with van der Waals surface area (Å²) in [5.74, 6) is -2.12. The Bertz CT molecular complexity index is 861. The van der Waals surface area contributed by atoms with Gasteiger partial charge in [-0.1, -0.05) is 24.3 Å². The molecule has 1 N–H and O–H groups in total. The highest BCUT2D eigenvalue weighted by atomic mass is 19.4. The van der Waals surface area contributed by atoms with Crippen LogP contribution in [0.25, 0.3) is 5.57 Å². The quantitative estimate of drug-likeness (QED) is 0.745. The molecular formula is C18H12F6O3. The first-order valence-corrected chi connectivity index (χ1v) is 7.72. The van der Waals surface area contributed by atoms with Gasteiger partial charge in [0.05, 0.1) is 29.4 Å². The molecule has 1 aliphatic heterocycles. The third-order valence-corrected chi connectivity index (χ3v) is 4.34. The van der Waals surface area contributed by atoms with E-state index in [0.29, 0.717) is 6.07 Å². The van der Waals surface area contributed by atoms with E-state index in [9.17, 15) is 31.1 Å². The van der Waals surface area contributed by atoms with Crippen LogP contribution in [0.5, 0.6) is 0 Å². The Morgan fingerprint density at radius 2 is 1.81 bits per heavy atom. The molecule has 2 atom stereocenters. The molecule has 0 fully saturated rings. The van der Waals surface area contributed by atoms with Gasteiger partial charge in [0, 0.05) is 5.92 Å². The molecule has 2 aliphatic rings. The Balaban J connectivity index is 2.13. The number of carbonyl (C=O) groups is 1. The van der Waals surface area contributed by atoms with E-state index in [0.717, 1.165) is 6.07 Å². The zero-order chi connectivity index (χ0) is 20.0. The van der Waals surface area contributed by atoms with Crippen LogP contribution in [0, 0.1) is 5.92 Å². The van der Waals surface area contributed by atoms with E-state index in [1.54, 1.807) is 0 Å². The predicted molar refractivity (Wildman–Crippen MR) is 82.5 cm³/mol. The van der Waals surface area contributed by atoms with Crippen LogP contribution < -0.4 is 0 Å². The highest BCUT2D eigenvalue weighted by molar-refractivity contribution is 5.91. The van der Waals surface area contributed by atoms with Gasteiger partial charge in [0.15, 0.2) is 0 Å². The van der Waals surface area contributed by atoms with Crippen LogP contribution in [0.2, 0.25) is 0 Å². The van der Waals surface area contributed by atoms with Crippen LogP contribution in [0.15, 0.2) is 48.1 Å². The molecular weight excluding hydrogens is 378 g/mol. The van der Waals surface area contributed by atoms with E-state index in [-0.39, 0.29) is 23.8 Å². The molecule has 27 heavy (non-hydrogen) atoms. The highest BCUT2D eigenvalue weighted by Gasteiger charge is 2.40. The van der Waals surface area contributed by atoms with Gasteiger partial charge in [0.2, 0.25) is 0 Å². The Morgan fingerprint density at radius 3 is 2.41 bits per heavy atom. The van der Waals surface area contributed by atoms with Gasteiger partial charge in [0.25, 0.3) is 0 Å². The molecule has 1 aliphatic carbocycles. The summed E-state index contributed by atoms with van der Waals surface area (Å²) in [6.07, 6.45) is -5.37. The van der Waals surface area contributed by atoms with Crippen molar-refractivity contribution in [2.24, 2.45) is 5.92 Å². The molecule has 0 saturated heterocycles. The van der Waals surface area contributed by atoms with Gasteiger partial charge >= 0.3 is 18.3 Å². The number of hydrogen-bond acceptors (Lipinski definition) is 2. The summed E-state index contributed by atoms with van der Waals surface area (Å²) in [5, 5.41) is 9.11. The van der Waals surface area contributed by atoms with Crippen molar-refractivity contribution >= 4 is 11.5 Å². The average Bonchev–Trinajstić information content (AvgIpc) is 2.58. The summed E-state index contributed by atoms with van der Waals surface area (Å²) in [4.78, 5) is 11.2. The number of carboxylic acids is 1. The summed E-state index contributed by atoms with van der Waals surface area (Å²) in [5.41, 5.74) is -3.31. The van der Waals surface area contributed by atoms with Gasteiger partial charge in [-0.25, -0.2) is 4.79 Å². The van der Waals surface area contributed by atoms with E-state index in [4.69, 9.17) is 9.84 Å². The number of ether oxygens (including phenoxy) is 1. The molecule has 0 aromatic heterocycles. The lowest BCUT2D eigenvalue weighted by Gasteiger charge is -2.32. The van der Waals surface area contributed by atoms with Crippen molar-refractivity contribution in [3.8, 4) is 0 Å². The van der Waals surface area contributed by atoms with E-state index in [1.807, 2.05) is 0 Å². The number of carboxylic acid groups (broad SMARTS) is 1. The number of hydrogen-bond donors (Lipinski definition) is 1. The second kappa shape index (κ2) is 6.56. The van der Waals surface area contributed by atoms with E-state index in [2.05, 4.69) is 0 Å². The fraction of sp³-hybridized carbons (Fsp3) is 0.278. The predicted octanol–water partition coefficient (Wildman–Crippen LogP) is 4.70. The molecule has 1 heterocycles. The third-order valence-electron chi connectivity index (χ3n) is 4.34. The second-order valence-electron chi connectivity index (χ2n) is 6.03. The maximum absolute atomic E-state index is 13.5. The molecule has 0 bridgehead atoms. The van der Waals surface area contributed by atoms with Crippen molar-refractivity contribution in [2.75, 3.05) is 6.61 Å². The summed E-state index contributed by atoms with van der Waals surface area (Å²) in [6.45, 7) is -0.0462. The Labute approximate surface area is 149 Å². The standard InChI is InChI=1S/C18H12F6O3/c19-17(20,21)10-2-3-12(14(8-10)18(22,23)24)11-5-6-27-15-4-1-9(16(25)26)7-13(11)15/h1-5,7-8,13,15H,6H2,(H,25,26). The first kappa shape index (κ1) is 19.2. The average molecular weight is 390 g/mol. The fourth-order valence-corrected chi connectivity index (χ4v) is 3.11. The lowest BCUT2D eigenvalue weighted by Crippen LogP contribution is -2.30. The van der Waals surface area contributed by atoms with E-state index >= 15 is 0 Å². The molecule has 0 radical (unpaired) electrons. The van der Waals surface area contributed by atoms with Crippen molar-refractivity contribution in [2.45, 2.75) is 18.5 Å². The number of fused-ring (bicyclic) bond motifs is 1. The summed E-state index contributed by atoms with van der Waals surface area (Å²) < 4.78 is 84.3. The van der Waals surface area contributed by atoms with Gasteiger partial charge in [-0.05, 0) is 29.3 Å². The van der Waals surface area contributed by atoms with Crippen molar-refractivity contribution in [1.29, 1.82) is 0 Å². The molecule has 0 spiro atoms. The van der Waals surface area contributed by atoms with E-state index < -0.39 is 47.0 Å². The third kappa shape index (κ3) is 3.78. The lowest BCUT2D eigenvalue weighted by molar-refractivity contribution is -0.143. The SMILES string of the molecule is O=C(O)C1=CC2C(c3ccc(C(F)(F)F)cc3C(F)(F)F)=CCOC2C=C1. The summed E-state index contributed by atoms with van der Waals surface area (Å²) in [7, 11) is 0.